The number of ether oxygens (including phenoxy) is 4. The zero-order valence-electron chi connectivity index (χ0n) is 21.2. The van der Waals surface area contributed by atoms with Gasteiger partial charge in [0.05, 0.1) is 18.7 Å². The van der Waals surface area contributed by atoms with Crippen molar-refractivity contribution in [2.24, 2.45) is 0 Å². The van der Waals surface area contributed by atoms with Gasteiger partial charge in [0.2, 0.25) is 5.95 Å². The van der Waals surface area contributed by atoms with E-state index in [1.54, 1.807) is 32.5 Å². The second-order valence-corrected chi connectivity index (χ2v) is 8.74. The Bertz CT molecular complexity index is 1160. The summed E-state index contributed by atoms with van der Waals surface area (Å²) in [4.78, 5) is 22.2. The number of carbonyl (C=O) groups is 1. The Labute approximate surface area is 211 Å². The van der Waals surface area contributed by atoms with Gasteiger partial charge in [-0.05, 0) is 50.6 Å². The molecule has 1 amide bonds. The van der Waals surface area contributed by atoms with Crippen LogP contribution in [0, 0.1) is 6.92 Å². The Morgan fingerprint density at radius 1 is 1.11 bits per heavy atom. The van der Waals surface area contributed by atoms with Crippen LogP contribution in [-0.2, 0) is 9.47 Å². The Morgan fingerprint density at radius 3 is 2.69 bits per heavy atom. The molecule has 2 N–H and O–H groups in total. The quantitative estimate of drug-likeness (QED) is 0.388. The summed E-state index contributed by atoms with van der Waals surface area (Å²) < 4.78 is 24.7. The summed E-state index contributed by atoms with van der Waals surface area (Å²) in [5.74, 6) is 1.42. The smallest absolute Gasteiger partial charge is 0.258 e. The molecule has 1 saturated heterocycles. The van der Waals surface area contributed by atoms with E-state index in [9.17, 15) is 4.79 Å². The maximum Gasteiger partial charge on any atom is 0.258 e. The molecule has 36 heavy (non-hydrogen) atoms. The first-order valence-corrected chi connectivity index (χ1v) is 12.4. The van der Waals surface area contributed by atoms with Crippen molar-refractivity contribution >= 4 is 22.9 Å². The Morgan fingerprint density at radius 2 is 1.92 bits per heavy atom. The highest BCUT2D eigenvalue weighted by Crippen LogP contribution is 2.40. The summed E-state index contributed by atoms with van der Waals surface area (Å²) in [6.45, 7) is 5.19. The van der Waals surface area contributed by atoms with Gasteiger partial charge in [-0.3, -0.25) is 15.1 Å². The molecule has 0 radical (unpaired) electrons. The summed E-state index contributed by atoms with van der Waals surface area (Å²) in [6.07, 6.45) is 4.75. The number of benzene rings is 1. The van der Waals surface area contributed by atoms with Gasteiger partial charge in [-0.2, -0.15) is 0 Å². The van der Waals surface area contributed by atoms with Crippen molar-refractivity contribution in [1.29, 1.82) is 0 Å². The van der Waals surface area contributed by atoms with E-state index in [2.05, 4.69) is 20.2 Å². The lowest BCUT2D eigenvalue weighted by Crippen LogP contribution is -2.26. The average Bonchev–Trinajstić information content (AvgIpc) is 3.03. The predicted molar refractivity (Wildman–Crippen MR) is 137 cm³/mol. The largest absolute Gasteiger partial charge is 0.487 e. The van der Waals surface area contributed by atoms with Crippen molar-refractivity contribution < 1.29 is 23.7 Å². The number of methoxy groups -OCH3 is 2. The number of rotatable bonds is 11. The minimum atomic E-state index is -0.239. The van der Waals surface area contributed by atoms with Crippen molar-refractivity contribution in [1.82, 2.24) is 19.9 Å². The summed E-state index contributed by atoms with van der Waals surface area (Å²) >= 11 is 0. The minimum absolute atomic E-state index is 0.0750. The number of hydrogen-bond donors (Lipinski definition) is 2. The van der Waals surface area contributed by atoms with E-state index in [-0.39, 0.29) is 11.9 Å². The normalized spacial score (nSPS) is 16.0. The van der Waals surface area contributed by atoms with Crippen molar-refractivity contribution in [3.8, 4) is 11.5 Å². The average molecular weight is 498 g/mol. The SMILES string of the molecule is COCCOc1ccc2nc(NC(=O)c3ccnc(C)c3)n(C3CCCCNC3)c2c1OCCOC. The first kappa shape index (κ1) is 25.9. The zero-order chi connectivity index (χ0) is 25.3. The van der Waals surface area contributed by atoms with E-state index >= 15 is 0 Å². The summed E-state index contributed by atoms with van der Waals surface area (Å²) in [5, 5.41) is 6.56. The molecule has 0 saturated carbocycles. The van der Waals surface area contributed by atoms with Crippen LogP contribution in [-0.4, -0.2) is 74.2 Å². The van der Waals surface area contributed by atoms with Gasteiger partial charge in [0.25, 0.3) is 5.91 Å². The number of aryl methyl sites for hydroxylation is 1. The van der Waals surface area contributed by atoms with Crippen LogP contribution in [0.5, 0.6) is 11.5 Å². The number of imidazole rings is 1. The van der Waals surface area contributed by atoms with Crippen LogP contribution < -0.4 is 20.1 Å². The molecule has 2 aromatic heterocycles. The van der Waals surface area contributed by atoms with Crippen LogP contribution in [0.2, 0.25) is 0 Å². The Hall–Kier alpha value is -3.21. The molecule has 10 nitrogen and oxygen atoms in total. The first-order valence-electron chi connectivity index (χ1n) is 12.4. The minimum Gasteiger partial charge on any atom is -0.487 e. The third-order valence-corrected chi connectivity index (χ3v) is 6.12. The number of aromatic nitrogens is 3. The highest BCUT2D eigenvalue weighted by Gasteiger charge is 2.26. The topological polar surface area (TPSA) is 109 Å². The first-order chi connectivity index (χ1) is 17.6. The lowest BCUT2D eigenvalue weighted by molar-refractivity contribution is 0.102. The fraction of sp³-hybridized carbons (Fsp3) is 0.500. The van der Waals surface area contributed by atoms with Crippen molar-refractivity contribution in [2.75, 3.05) is 59.1 Å². The number of carbonyl (C=O) groups excluding carboxylic acids is 1. The maximum absolute atomic E-state index is 13.2. The molecule has 1 aliphatic heterocycles. The standard InChI is InChI=1S/C26H35N5O5/c1-18-16-19(9-11-28-18)25(32)30-26-29-21-7-8-22(35-14-12-33-2)24(36-15-13-34-3)23(21)31(26)20-6-4-5-10-27-17-20/h7-9,11,16,20,27H,4-6,10,12-15,17H2,1-3H3,(H,29,30,32). The van der Waals surface area contributed by atoms with E-state index in [0.717, 1.165) is 43.6 Å². The fourth-order valence-corrected chi connectivity index (χ4v) is 4.38. The molecular formula is C26H35N5O5. The second-order valence-electron chi connectivity index (χ2n) is 8.74. The maximum atomic E-state index is 13.2. The van der Waals surface area contributed by atoms with Crippen LogP contribution in [0.25, 0.3) is 11.0 Å². The number of hydrogen-bond acceptors (Lipinski definition) is 8. The van der Waals surface area contributed by atoms with Gasteiger partial charge < -0.3 is 28.8 Å². The molecule has 3 heterocycles. The van der Waals surface area contributed by atoms with Crippen LogP contribution in [0.1, 0.15) is 41.4 Å². The van der Waals surface area contributed by atoms with Gasteiger partial charge in [-0.25, -0.2) is 4.98 Å². The molecule has 0 bridgehead atoms. The van der Waals surface area contributed by atoms with Crippen LogP contribution in [0.15, 0.2) is 30.5 Å². The summed E-state index contributed by atoms with van der Waals surface area (Å²) in [7, 11) is 3.27. The molecule has 10 heteroatoms. The lowest BCUT2D eigenvalue weighted by Gasteiger charge is -2.22. The molecule has 1 unspecified atom stereocenters. The van der Waals surface area contributed by atoms with Crippen molar-refractivity contribution in [3.63, 3.8) is 0 Å². The zero-order valence-corrected chi connectivity index (χ0v) is 21.2. The number of amides is 1. The number of pyridine rings is 1. The van der Waals surface area contributed by atoms with Gasteiger partial charge in [-0.1, -0.05) is 6.42 Å². The highest BCUT2D eigenvalue weighted by atomic mass is 16.5. The number of anilines is 1. The van der Waals surface area contributed by atoms with Gasteiger partial charge >= 0.3 is 0 Å². The molecule has 0 spiro atoms. The highest BCUT2D eigenvalue weighted by molar-refractivity contribution is 6.04. The number of nitrogens with one attached hydrogen (secondary N) is 2. The van der Waals surface area contributed by atoms with Crippen LogP contribution in [0.4, 0.5) is 5.95 Å². The number of nitrogens with zero attached hydrogens (tertiary/aromatic N) is 3. The molecular weight excluding hydrogens is 462 g/mol. The van der Waals surface area contributed by atoms with Crippen LogP contribution >= 0.6 is 0 Å². The predicted octanol–water partition coefficient (Wildman–Crippen LogP) is 3.36. The van der Waals surface area contributed by atoms with Gasteiger partial charge in [0.1, 0.15) is 18.7 Å². The monoisotopic (exact) mass is 497 g/mol. The van der Waals surface area contributed by atoms with Crippen LogP contribution in [0.3, 0.4) is 0 Å². The van der Waals surface area contributed by atoms with E-state index in [0.29, 0.717) is 55.0 Å². The summed E-state index contributed by atoms with van der Waals surface area (Å²) in [5.41, 5.74) is 2.80. The third-order valence-electron chi connectivity index (χ3n) is 6.12. The van der Waals surface area contributed by atoms with E-state index in [1.807, 2.05) is 19.1 Å². The lowest BCUT2D eigenvalue weighted by atomic mass is 10.1. The van der Waals surface area contributed by atoms with Gasteiger partial charge in [0, 0.05) is 44.3 Å². The molecule has 1 fully saturated rings. The Kier molecular flexibility index (Phi) is 9.10. The van der Waals surface area contributed by atoms with Gasteiger partial charge in [-0.15, -0.1) is 0 Å². The van der Waals surface area contributed by atoms with E-state index in [1.165, 1.54) is 0 Å². The molecule has 1 aliphatic rings. The van der Waals surface area contributed by atoms with E-state index in [4.69, 9.17) is 23.9 Å². The molecule has 194 valence electrons. The third kappa shape index (κ3) is 6.13. The molecule has 4 rings (SSSR count). The fourth-order valence-electron chi connectivity index (χ4n) is 4.38. The molecule has 3 aromatic rings. The number of fused-ring (bicyclic) bond motifs is 1. The van der Waals surface area contributed by atoms with Crippen molar-refractivity contribution in [3.05, 3.63) is 41.7 Å². The van der Waals surface area contributed by atoms with Gasteiger partial charge in [0.15, 0.2) is 11.5 Å². The molecule has 0 aliphatic carbocycles. The second kappa shape index (κ2) is 12.7. The van der Waals surface area contributed by atoms with Crippen molar-refractivity contribution in [2.45, 2.75) is 32.2 Å². The Balaban J connectivity index is 1.80. The summed E-state index contributed by atoms with van der Waals surface area (Å²) in [6, 6.07) is 7.28. The molecule has 1 atom stereocenters. The van der Waals surface area contributed by atoms with E-state index < -0.39 is 0 Å². The molecule has 1 aromatic carbocycles.